The Morgan fingerprint density at radius 1 is 1.26 bits per heavy atom. The molecule has 0 aliphatic carbocycles. The van der Waals surface area contributed by atoms with E-state index >= 15 is 0 Å². The van der Waals surface area contributed by atoms with Crippen molar-refractivity contribution in [1.29, 1.82) is 0 Å². The van der Waals surface area contributed by atoms with Crippen LogP contribution in [0.1, 0.15) is 17.0 Å². The first-order chi connectivity index (χ1) is 10.8. The maximum atomic E-state index is 13.4. The Balaban J connectivity index is 1.82. The molecule has 0 spiro atoms. The lowest BCUT2D eigenvalue weighted by molar-refractivity contribution is -0.122. The van der Waals surface area contributed by atoms with Crippen LogP contribution in [-0.2, 0) is 11.3 Å². The van der Waals surface area contributed by atoms with Gasteiger partial charge in [0.25, 0.3) is 5.91 Å². The molecule has 0 radical (unpaired) electrons. The standard InChI is InChI=1S/C15H18FN5OS/c1-9-4-5-12(7-13(9)16)17-15(23)19-18-14(22)8-21-11(3)6-10(2)20-21/h4-7H,8H2,1-3H3,(H,18,22)(H2,17,19,23). The van der Waals surface area contributed by atoms with Crippen LogP contribution in [0, 0.1) is 26.6 Å². The van der Waals surface area contributed by atoms with Crippen molar-refractivity contribution in [1.82, 2.24) is 20.6 Å². The number of thiocarbonyl (C=S) groups is 1. The number of aryl methyl sites for hydroxylation is 3. The molecule has 0 saturated carbocycles. The molecule has 0 atom stereocenters. The van der Waals surface area contributed by atoms with Crippen LogP contribution in [0.25, 0.3) is 0 Å². The molecular weight excluding hydrogens is 317 g/mol. The lowest BCUT2D eigenvalue weighted by Gasteiger charge is -2.12. The fraction of sp³-hybridized carbons (Fsp3) is 0.267. The van der Waals surface area contributed by atoms with Crippen LogP contribution in [0.4, 0.5) is 10.1 Å². The zero-order valence-electron chi connectivity index (χ0n) is 13.1. The molecule has 122 valence electrons. The molecule has 2 aromatic rings. The first kappa shape index (κ1) is 16.9. The number of amides is 1. The average molecular weight is 335 g/mol. The Morgan fingerprint density at radius 2 is 2.00 bits per heavy atom. The summed E-state index contributed by atoms with van der Waals surface area (Å²) in [5.41, 5.74) is 7.83. The highest BCUT2D eigenvalue weighted by Gasteiger charge is 2.07. The molecule has 1 amide bonds. The number of rotatable bonds is 3. The predicted molar refractivity (Wildman–Crippen MR) is 90.3 cm³/mol. The van der Waals surface area contributed by atoms with Crippen LogP contribution in [0.3, 0.4) is 0 Å². The molecular formula is C15H18FN5OS. The third-order valence-electron chi connectivity index (χ3n) is 3.14. The van der Waals surface area contributed by atoms with E-state index in [1.165, 1.54) is 6.07 Å². The van der Waals surface area contributed by atoms with Gasteiger partial charge in [0.05, 0.1) is 5.69 Å². The number of benzene rings is 1. The number of nitrogens with one attached hydrogen (secondary N) is 3. The van der Waals surface area contributed by atoms with Gasteiger partial charge in [-0.05, 0) is 56.8 Å². The van der Waals surface area contributed by atoms with Crippen molar-refractivity contribution < 1.29 is 9.18 Å². The summed E-state index contributed by atoms with van der Waals surface area (Å²) in [5.74, 6) is -0.623. The second-order valence-corrected chi connectivity index (χ2v) is 5.58. The molecule has 2 rings (SSSR count). The van der Waals surface area contributed by atoms with E-state index in [1.54, 1.807) is 23.7 Å². The first-order valence-corrected chi connectivity index (χ1v) is 7.39. The lowest BCUT2D eigenvalue weighted by atomic mass is 10.2. The van der Waals surface area contributed by atoms with Gasteiger partial charge in [-0.2, -0.15) is 5.10 Å². The molecule has 8 heteroatoms. The molecule has 6 nitrogen and oxygen atoms in total. The van der Waals surface area contributed by atoms with Crippen molar-refractivity contribution in [2.24, 2.45) is 0 Å². The van der Waals surface area contributed by atoms with Crippen molar-refractivity contribution in [3.8, 4) is 0 Å². The zero-order chi connectivity index (χ0) is 17.0. The van der Waals surface area contributed by atoms with Gasteiger partial charge >= 0.3 is 0 Å². The summed E-state index contributed by atoms with van der Waals surface area (Å²) in [6, 6.07) is 6.56. The molecule has 0 bridgehead atoms. The molecule has 0 fully saturated rings. The number of hydrazine groups is 1. The molecule has 3 N–H and O–H groups in total. The topological polar surface area (TPSA) is 71.0 Å². The Morgan fingerprint density at radius 3 is 2.61 bits per heavy atom. The van der Waals surface area contributed by atoms with Crippen molar-refractivity contribution in [2.45, 2.75) is 27.3 Å². The van der Waals surface area contributed by atoms with E-state index < -0.39 is 0 Å². The summed E-state index contributed by atoms with van der Waals surface area (Å²) in [5, 5.41) is 7.15. The monoisotopic (exact) mass is 335 g/mol. The summed E-state index contributed by atoms with van der Waals surface area (Å²) in [6.45, 7) is 5.49. The Labute approximate surface area is 139 Å². The van der Waals surface area contributed by atoms with E-state index in [0.29, 0.717) is 11.3 Å². The molecule has 23 heavy (non-hydrogen) atoms. The van der Waals surface area contributed by atoms with E-state index in [4.69, 9.17) is 12.2 Å². The smallest absolute Gasteiger partial charge is 0.260 e. The second kappa shape index (κ2) is 7.19. The number of hydrogen-bond acceptors (Lipinski definition) is 3. The minimum Gasteiger partial charge on any atom is -0.331 e. The maximum Gasteiger partial charge on any atom is 0.260 e. The van der Waals surface area contributed by atoms with Gasteiger partial charge in [0.2, 0.25) is 0 Å². The van der Waals surface area contributed by atoms with Crippen molar-refractivity contribution in [3.63, 3.8) is 0 Å². The molecule has 1 heterocycles. The highest BCUT2D eigenvalue weighted by molar-refractivity contribution is 7.80. The molecule has 0 aliphatic heterocycles. The van der Waals surface area contributed by atoms with Gasteiger partial charge < -0.3 is 5.32 Å². The molecule has 0 saturated heterocycles. The Bertz CT molecular complexity index is 743. The SMILES string of the molecule is Cc1cc(C)n(CC(=O)NNC(=S)Nc2ccc(C)c(F)c2)n1. The van der Waals surface area contributed by atoms with Crippen molar-refractivity contribution in [2.75, 3.05) is 5.32 Å². The normalized spacial score (nSPS) is 10.3. The number of carbonyl (C=O) groups is 1. The van der Waals surface area contributed by atoms with Crippen LogP contribution in [-0.4, -0.2) is 20.8 Å². The third kappa shape index (κ3) is 4.75. The van der Waals surface area contributed by atoms with Crippen LogP contribution in [0.15, 0.2) is 24.3 Å². The van der Waals surface area contributed by atoms with E-state index in [2.05, 4.69) is 21.3 Å². The third-order valence-corrected chi connectivity index (χ3v) is 3.35. The van der Waals surface area contributed by atoms with Gasteiger partial charge in [-0.3, -0.25) is 20.3 Å². The number of aromatic nitrogens is 2. The van der Waals surface area contributed by atoms with Gasteiger partial charge in [0.15, 0.2) is 5.11 Å². The minimum absolute atomic E-state index is 0.0778. The molecule has 0 aliphatic rings. The fourth-order valence-electron chi connectivity index (χ4n) is 1.97. The quantitative estimate of drug-likeness (QED) is 0.591. The average Bonchev–Trinajstić information content (AvgIpc) is 2.79. The second-order valence-electron chi connectivity index (χ2n) is 5.18. The molecule has 1 aromatic heterocycles. The van der Waals surface area contributed by atoms with Crippen molar-refractivity contribution in [3.05, 3.63) is 47.0 Å². The zero-order valence-corrected chi connectivity index (χ0v) is 13.9. The highest BCUT2D eigenvalue weighted by atomic mass is 32.1. The minimum atomic E-state index is -0.327. The van der Waals surface area contributed by atoms with E-state index in [0.717, 1.165) is 11.4 Å². The van der Waals surface area contributed by atoms with Crippen LogP contribution < -0.4 is 16.2 Å². The first-order valence-electron chi connectivity index (χ1n) is 6.98. The van der Waals surface area contributed by atoms with Gasteiger partial charge in [0.1, 0.15) is 12.4 Å². The van der Waals surface area contributed by atoms with Gasteiger partial charge in [-0.15, -0.1) is 0 Å². The Hall–Kier alpha value is -2.48. The maximum absolute atomic E-state index is 13.4. The largest absolute Gasteiger partial charge is 0.331 e. The number of nitrogens with zero attached hydrogens (tertiary/aromatic N) is 2. The van der Waals surface area contributed by atoms with Crippen LogP contribution >= 0.6 is 12.2 Å². The van der Waals surface area contributed by atoms with E-state index in [9.17, 15) is 9.18 Å². The number of hydrogen-bond donors (Lipinski definition) is 3. The van der Waals surface area contributed by atoms with Crippen molar-refractivity contribution >= 4 is 28.9 Å². The van der Waals surface area contributed by atoms with Crippen LogP contribution in [0.2, 0.25) is 0 Å². The highest BCUT2D eigenvalue weighted by Crippen LogP contribution is 2.13. The summed E-state index contributed by atoms with van der Waals surface area (Å²) in [7, 11) is 0. The van der Waals surface area contributed by atoms with Gasteiger partial charge in [-0.1, -0.05) is 6.07 Å². The molecule has 0 unspecified atom stereocenters. The van der Waals surface area contributed by atoms with E-state index in [-0.39, 0.29) is 23.4 Å². The molecule has 1 aromatic carbocycles. The number of anilines is 1. The number of carbonyl (C=O) groups excluding carboxylic acids is 1. The van der Waals surface area contributed by atoms with Gasteiger partial charge in [-0.25, -0.2) is 4.39 Å². The van der Waals surface area contributed by atoms with Crippen LogP contribution in [0.5, 0.6) is 0 Å². The Kier molecular flexibility index (Phi) is 5.28. The summed E-state index contributed by atoms with van der Waals surface area (Å²) >= 11 is 5.04. The summed E-state index contributed by atoms with van der Waals surface area (Å²) < 4.78 is 15.0. The lowest BCUT2D eigenvalue weighted by Crippen LogP contribution is -2.45. The summed E-state index contributed by atoms with van der Waals surface area (Å²) in [4.78, 5) is 11.8. The van der Waals surface area contributed by atoms with Gasteiger partial charge in [0, 0.05) is 11.4 Å². The number of halogens is 1. The van der Waals surface area contributed by atoms with E-state index in [1.807, 2.05) is 19.9 Å². The predicted octanol–water partition coefficient (Wildman–Crippen LogP) is 1.97. The summed E-state index contributed by atoms with van der Waals surface area (Å²) in [6.07, 6.45) is 0. The fourth-order valence-corrected chi connectivity index (χ4v) is 2.14.